The highest BCUT2D eigenvalue weighted by Gasteiger charge is 2.34. The molecule has 3 aromatic heterocycles. The summed E-state index contributed by atoms with van der Waals surface area (Å²) in [5, 5.41) is 22.4. The number of fused-ring (bicyclic) bond motifs is 3. The molecule has 3 aromatic rings. The highest BCUT2D eigenvalue weighted by Crippen LogP contribution is 2.46. The third kappa shape index (κ3) is 3.76. The Labute approximate surface area is 212 Å². The molecule has 2 N–H and O–H groups in total. The number of amides is 3. The van der Waals surface area contributed by atoms with Gasteiger partial charge in [0.25, 0.3) is 5.91 Å². The van der Waals surface area contributed by atoms with E-state index in [0.29, 0.717) is 24.6 Å². The average molecular weight is 495 g/mol. The van der Waals surface area contributed by atoms with Crippen LogP contribution < -0.4 is 20.4 Å². The molecule has 0 spiro atoms. The fourth-order valence-electron chi connectivity index (χ4n) is 4.60. The molecule has 0 unspecified atom stereocenters. The maximum absolute atomic E-state index is 13.0. The molecule has 13 nitrogen and oxygen atoms in total. The highest BCUT2D eigenvalue weighted by molar-refractivity contribution is 6.00. The van der Waals surface area contributed by atoms with Crippen molar-refractivity contribution in [1.82, 2.24) is 40.4 Å². The lowest BCUT2D eigenvalue weighted by Gasteiger charge is -2.34. The van der Waals surface area contributed by atoms with Crippen molar-refractivity contribution in [2.24, 2.45) is 7.05 Å². The lowest BCUT2D eigenvalue weighted by Crippen LogP contribution is -2.48. The predicted molar refractivity (Wildman–Crippen MR) is 134 cm³/mol. The van der Waals surface area contributed by atoms with E-state index in [1.807, 2.05) is 37.2 Å². The second-order valence-corrected chi connectivity index (χ2v) is 8.97. The number of urea groups is 1. The molecule has 1 atom stereocenters. The first-order valence-corrected chi connectivity index (χ1v) is 11.5. The second-order valence-electron chi connectivity index (χ2n) is 8.97. The first-order chi connectivity index (χ1) is 18.3. The Bertz CT molecular complexity index is 1470. The van der Waals surface area contributed by atoms with Gasteiger partial charge in [0.2, 0.25) is 0 Å². The number of aromatic nitrogens is 6. The quantitative estimate of drug-likeness (QED) is 0.556. The van der Waals surface area contributed by atoms with Crippen LogP contribution in [0.3, 0.4) is 0 Å². The molecule has 36 heavy (non-hydrogen) atoms. The van der Waals surface area contributed by atoms with E-state index in [4.69, 9.17) is 9.10 Å². The number of nitrogens with zero attached hydrogens (tertiary/aromatic N) is 9. The van der Waals surface area contributed by atoms with E-state index >= 15 is 0 Å². The van der Waals surface area contributed by atoms with Gasteiger partial charge in [-0.15, -0.1) is 10.2 Å². The van der Waals surface area contributed by atoms with E-state index in [1.54, 1.807) is 19.0 Å². The maximum atomic E-state index is 13.0. The van der Waals surface area contributed by atoms with Gasteiger partial charge >= 0.3 is 6.03 Å². The maximum Gasteiger partial charge on any atom is 0.325 e. The van der Waals surface area contributed by atoms with Crippen molar-refractivity contribution < 1.29 is 13.7 Å². The zero-order chi connectivity index (χ0) is 28.2. The van der Waals surface area contributed by atoms with Crippen LogP contribution in [-0.4, -0.2) is 81.2 Å². The monoisotopic (exact) mass is 494 g/mol. The van der Waals surface area contributed by atoms with Crippen molar-refractivity contribution >= 4 is 34.9 Å². The number of carbonyl (C=O) groups excluding carboxylic acids is 2. The van der Waals surface area contributed by atoms with Gasteiger partial charge in [-0.25, -0.2) is 9.78 Å². The predicted octanol–water partition coefficient (Wildman–Crippen LogP) is 1.85. The van der Waals surface area contributed by atoms with Crippen molar-refractivity contribution in [2.75, 3.05) is 49.3 Å². The molecule has 0 aromatic carbocycles. The molecule has 5 rings (SSSR count). The van der Waals surface area contributed by atoms with Gasteiger partial charge in [-0.2, -0.15) is 15.0 Å². The molecule has 5 heterocycles. The van der Waals surface area contributed by atoms with Gasteiger partial charge in [0, 0.05) is 62.6 Å². The summed E-state index contributed by atoms with van der Waals surface area (Å²) in [6, 6.07) is 3.04. The summed E-state index contributed by atoms with van der Waals surface area (Å²) in [6.07, 6.45) is 0.726. The number of aryl methyl sites for hydroxylation is 2. The van der Waals surface area contributed by atoms with E-state index in [-0.39, 0.29) is 29.3 Å². The standard InChI is InChI=1S/C23H29N11O2/c1-12-10-14-18-17(29-33(6)30-18)13(2)32(5)20(14)21(25-12)26-15-11-16(27-28-19(15)22(35)24-3)34-9-7-8-31(4)23(34)36/h10-11,13H,7-9H2,1-6H3,(H,24,35)(H,25,26,27)/t13-/m0/s1/i3D3. The Morgan fingerprint density at radius 3 is 2.75 bits per heavy atom. The minimum absolute atomic E-state index is 0.128. The molecule has 13 heteroatoms. The minimum Gasteiger partial charge on any atom is -0.363 e. The van der Waals surface area contributed by atoms with E-state index in [0.717, 1.165) is 29.1 Å². The molecule has 188 valence electrons. The lowest BCUT2D eigenvalue weighted by atomic mass is 9.98. The van der Waals surface area contributed by atoms with Gasteiger partial charge in [-0.1, -0.05) is 0 Å². The van der Waals surface area contributed by atoms with Crippen LogP contribution in [0.5, 0.6) is 0 Å². The summed E-state index contributed by atoms with van der Waals surface area (Å²) < 4.78 is 22.4. The fourth-order valence-corrected chi connectivity index (χ4v) is 4.60. The molecule has 2 aliphatic heterocycles. The molecule has 1 saturated heterocycles. The van der Waals surface area contributed by atoms with Gasteiger partial charge < -0.3 is 20.4 Å². The molecular weight excluding hydrogens is 462 g/mol. The summed E-state index contributed by atoms with van der Waals surface area (Å²) in [5.74, 6) is -0.323. The van der Waals surface area contributed by atoms with Crippen LogP contribution in [0.15, 0.2) is 12.1 Å². The number of rotatable bonds is 4. The van der Waals surface area contributed by atoms with E-state index in [2.05, 4.69) is 25.7 Å². The fraction of sp³-hybridized carbons (Fsp3) is 0.435. The van der Waals surface area contributed by atoms with Crippen LogP contribution in [0.4, 0.5) is 27.8 Å². The summed E-state index contributed by atoms with van der Waals surface area (Å²) in [6.45, 7) is 2.13. The van der Waals surface area contributed by atoms with Crippen molar-refractivity contribution in [1.29, 1.82) is 0 Å². The van der Waals surface area contributed by atoms with E-state index in [1.165, 1.54) is 15.8 Å². The van der Waals surface area contributed by atoms with Crippen LogP contribution in [0.1, 0.15) is 45.4 Å². The molecule has 0 radical (unpaired) electrons. The molecule has 1 fully saturated rings. The van der Waals surface area contributed by atoms with Crippen LogP contribution in [0, 0.1) is 6.92 Å². The molecule has 3 amide bonds. The number of nitrogens with one attached hydrogen (secondary N) is 2. The van der Waals surface area contributed by atoms with E-state index in [9.17, 15) is 9.59 Å². The molecular formula is C23H29N11O2. The Morgan fingerprint density at radius 1 is 1.17 bits per heavy atom. The molecule has 0 bridgehead atoms. The van der Waals surface area contributed by atoms with Gasteiger partial charge in [-0.05, 0) is 26.3 Å². The summed E-state index contributed by atoms with van der Waals surface area (Å²) in [4.78, 5) is 37.0. The van der Waals surface area contributed by atoms with Gasteiger partial charge in [0.15, 0.2) is 17.3 Å². The first kappa shape index (κ1) is 20.0. The third-order valence-electron chi connectivity index (χ3n) is 6.52. The van der Waals surface area contributed by atoms with Crippen molar-refractivity contribution in [3.05, 3.63) is 29.2 Å². The summed E-state index contributed by atoms with van der Waals surface area (Å²) >= 11 is 0. The smallest absolute Gasteiger partial charge is 0.325 e. The molecule has 2 aliphatic rings. The molecule has 0 aliphatic carbocycles. The number of pyridine rings is 1. The number of anilines is 4. The van der Waals surface area contributed by atoms with Crippen molar-refractivity contribution in [3.63, 3.8) is 0 Å². The minimum atomic E-state index is -2.74. The highest BCUT2D eigenvalue weighted by atomic mass is 16.2. The Morgan fingerprint density at radius 2 is 1.97 bits per heavy atom. The second kappa shape index (κ2) is 8.73. The first-order valence-electron chi connectivity index (χ1n) is 13.0. The SMILES string of the molecule is [2H]C([2H])([2H])NC(=O)c1nnc(N2CCCN(C)C2=O)cc1Nc1nc(C)cc2c1N(C)[C@@H](C)c1nn(C)nc1-2. The Hall–Kier alpha value is -4.29. The topological polar surface area (TPSA) is 137 Å². The van der Waals surface area contributed by atoms with Gasteiger partial charge in [0.05, 0.1) is 17.4 Å². The van der Waals surface area contributed by atoms with Gasteiger partial charge in [-0.3, -0.25) is 9.69 Å². The lowest BCUT2D eigenvalue weighted by molar-refractivity contribution is 0.0958. The van der Waals surface area contributed by atoms with Crippen molar-refractivity contribution in [2.45, 2.75) is 26.3 Å². The number of hydrogen-bond acceptors (Lipinski definition) is 9. The van der Waals surface area contributed by atoms with Crippen molar-refractivity contribution in [3.8, 4) is 11.3 Å². The summed E-state index contributed by atoms with van der Waals surface area (Å²) in [5.41, 5.74) is 3.64. The average Bonchev–Trinajstić information content (AvgIpc) is 3.25. The van der Waals surface area contributed by atoms with Crippen LogP contribution in [0.2, 0.25) is 0 Å². The zero-order valence-corrected chi connectivity index (χ0v) is 20.7. The van der Waals surface area contributed by atoms with E-state index < -0.39 is 12.9 Å². The molecule has 0 saturated carbocycles. The van der Waals surface area contributed by atoms with Crippen LogP contribution in [-0.2, 0) is 7.05 Å². The zero-order valence-electron chi connectivity index (χ0n) is 23.7. The normalized spacial score (nSPS) is 18.7. The van der Waals surface area contributed by atoms with Crippen LogP contribution >= 0.6 is 0 Å². The largest absolute Gasteiger partial charge is 0.363 e. The van der Waals surface area contributed by atoms with Crippen LogP contribution in [0.25, 0.3) is 11.3 Å². The number of carbonyl (C=O) groups is 2. The summed E-state index contributed by atoms with van der Waals surface area (Å²) in [7, 11) is 5.36. The van der Waals surface area contributed by atoms with Gasteiger partial charge in [0.1, 0.15) is 11.4 Å². The Kier molecular flexibility index (Phi) is 4.84. The number of hydrogen-bond donors (Lipinski definition) is 2. The third-order valence-corrected chi connectivity index (χ3v) is 6.52. The Balaban J connectivity index is 1.64.